The Labute approximate surface area is 144 Å². The van der Waals surface area contributed by atoms with Gasteiger partial charge in [-0.05, 0) is 35.5 Å². The minimum atomic E-state index is -0.321. The van der Waals surface area contributed by atoms with Gasteiger partial charge >= 0.3 is 0 Å². The summed E-state index contributed by atoms with van der Waals surface area (Å²) < 4.78 is 15.4. The number of hydrogen-bond acceptors (Lipinski definition) is 4. The highest BCUT2D eigenvalue weighted by Gasteiger charge is 2.16. The number of aryl methyl sites for hydroxylation is 1. The average Bonchev–Trinajstić information content (AvgIpc) is 3.12. The number of hydrogen-bond donors (Lipinski definition) is 0. The molecule has 3 rings (SSSR count). The van der Waals surface area contributed by atoms with E-state index in [1.165, 1.54) is 11.0 Å². The van der Waals surface area contributed by atoms with Gasteiger partial charge in [0.15, 0.2) is 5.82 Å². The molecule has 1 aromatic heterocycles. The molecule has 0 atom stereocenters. The standard InChI is InChI=1S/C18H18FN5O/c1-3-24-17(20-21-22-24)13-8-6-9-14(11-13)18(25)23(2)12-15-7-4-5-10-16(15)19/h4-11H,3,12H2,1-2H3. The molecule has 6 nitrogen and oxygen atoms in total. The Morgan fingerprint density at radius 1 is 1.20 bits per heavy atom. The van der Waals surface area contributed by atoms with Gasteiger partial charge < -0.3 is 4.90 Å². The monoisotopic (exact) mass is 339 g/mol. The van der Waals surface area contributed by atoms with E-state index in [1.54, 1.807) is 48.1 Å². The summed E-state index contributed by atoms with van der Waals surface area (Å²) in [7, 11) is 1.65. The van der Waals surface area contributed by atoms with Crippen molar-refractivity contribution >= 4 is 5.91 Å². The van der Waals surface area contributed by atoms with E-state index in [9.17, 15) is 9.18 Å². The van der Waals surface area contributed by atoms with Gasteiger partial charge in [0.05, 0.1) is 0 Å². The lowest BCUT2D eigenvalue weighted by molar-refractivity contribution is 0.0784. The van der Waals surface area contributed by atoms with E-state index in [4.69, 9.17) is 0 Å². The number of rotatable bonds is 5. The van der Waals surface area contributed by atoms with Crippen LogP contribution in [-0.4, -0.2) is 38.1 Å². The zero-order chi connectivity index (χ0) is 17.8. The Bertz CT molecular complexity index is 892. The van der Waals surface area contributed by atoms with Gasteiger partial charge in [-0.15, -0.1) is 5.10 Å². The van der Waals surface area contributed by atoms with Gasteiger partial charge in [0.2, 0.25) is 0 Å². The van der Waals surface area contributed by atoms with E-state index in [1.807, 2.05) is 13.0 Å². The quantitative estimate of drug-likeness (QED) is 0.717. The molecule has 0 saturated heterocycles. The second-order valence-corrected chi connectivity index (χ2v) is 5.65. The van der Waals surface area contributed by atoms with Crippen LogP contribution in [0.15, 0.2) is 48.5 Å². The van der Waals surface area contributed by atoms with E-state index in [0.717, 1.165) is 5.56 Å². The maximum absolute atomic E-state index is 13.8. The molecule has 0 aliphatic rings. The number of benzene rings is 2. The van der Waals surface area contributed by atoms with Gasteiger partial charge in [0, 0.05) is 36.8 Å². The molecular formula is C18H18FN5O. The van der Waals surface area contributed by atoms with Crippen LogP contribution in [0.2, 0.25) is 0 Å². The summed E-state index contributed by atoms with van der Waals surface area (Å²) in [6.45, 7) is 2.77. The van der Waals surface area contributed by atoms with Gasteiger partial charge in [-0.3, -0.25) is 4.79 Å². The molecule has 7 heteroatoms. The minimum absolute atomic E-state index is 0.194. The minimum Gasteiger partial charge on any atom is -0.337 e. The first-order chi connectivity index (χ1) is 12.1. The highest BCUT2D eigenvalue weighted by Crippen LogP contribution is 2.19. The number of carbonyl (C=O) groups is 1. The third kappa shape index (κ3) is 3.55. The predicted molar refractivity (Wildman–Crippen MR) is 91.1 cm³/mol. The van der Waals surface area contributed by atoms with Gasteiger partial charge in [0.1, 0.15) is 5.82 Å². The van der Waals surface area contributed by atoms with Crippen molar-refractivity contribution in [2.75, 3.05) is 7.05 Å². The molecule has 0 saturated carbocycles. The molecular weight excluding hydrogens is 321 g/mol. The van der Waals surface area contributed by atoms with Crippen LogP contribution in [0.25, 0.3) is 11.4 Å². The van der Waals surface area contributed by atoms with E-state index in [-0.39, 0.29) is 18.3 Å². The van der Waals surface area contributed by atoms with E-state index >= 15 is 0 Å². The van der Waals surface area contributed by atoms with Crippen LogP contribution in [0.5, 0.6) is 0 Å². The van der Waals surface area contributed by atoms with Crippen molar-refractivity contribution in [1.29, 1.82) is 0 Å². The summed E-state index contributed by atoms with van der Waals surface area (Å²) in [5.74, 6) is 0.0903. The highest BCUT2D eigenvalue weighted by atomic mass is 19.1. The van der Waals surface area contributed by atoms with Gasteiger partial charge in [-0.25, -0.2) is 9.07 Å². The fraction of sp³-hybridized carbons (Fsp3) is 0.222. The second kappa shape index (κ2) is 7.21. The molecule has 0 fully saturated rings. The van der Waals surface area contributed by atoms with Crippen LogP contribution >= 0.6 is 0 Å². The Hall–Kier alpha value is -3.09. The fourth-order valence-corrected chi connectivity index (χ4v) is 2.59. The molecule has 0 unspecified atom stereocenters. The fourth-order valence-electron chi connectivity index (χ4n) is 2.59. The Morgan fingerprint density at radius 2 is 2.00 bits per heavy atom. The van der Waals surface area contributed by atoms with Crippen LogP contribution in [0.3, 0.4) is 0 Å². The molecule has 3 aromatic rings. The molecule has 0 bridgehead atoms. The molecule has 128 valence electrons. The molecule has 0 N–H and O–H groups in total. The largest absolute Gasteiger partial charge is 0.337 e. The molecule has 0 radical (unpaired) electrons. The first-order valence-electron chi connectivity index (χ1n) is 7.95. The number of amides is 1. The lowest BCUT2D eigenvalue weighted by atomic mass is 10.1. The number of halogens is 1. The topological polar surface area (TPSA) is 63.9 Å². The van der Waals surface area contributed by atoms with Crippen molar-refractivity contribution < 1.29 is 9.18 Å². The summed E-state index contributed by atoms with van der Waals surface area (Å²) in [5, 5.41) is 11.6. The van der Waals surface area contributed by atoms with E-state index < -0.39 is 0 Å². The Kier molecular flexibility index (Phi) is 4.83. The summed E-state index contributed by atoms with van der Waals surface area (Å²) in [4.78, 5) is 14.2. The molecule has 0 aliphatic carbocycles. The number of aromatic nitrogens is 4. The Balaban J connectivity index is 1.83. The van der Waals surface area contributed by atoms with Crippen molar-refractivity contribution in [3.05, 3.63) is 65.5 Å². The summed E-state index contributed by atoms with van der Waals surface area (Å²) in [6.07, 6.45) is 0. The van der Waals surface area contributed by atoms with Crippen molar-refractivity contribution in [3.63, 3.8) is 0 Å². The maximum Gasteiger partial charge on any atom is 0.253 e. The lowest BCUT2D eigenvalue weighted by Gasteiger charge is -2.18. The summed E-state index contributed by atoms with van der Waals surface area (Å²) in [6, 6.07) is 13.6. The van der Waals surface area contributed by atoms with E-state index in [0.29, 0.717) is 23.5 Å². The van der Waals surface area contributed by atoms with Crippen LogP contribution in [0.4, 0.5) is 4.39 Å². The maximum atomic E-state index is 13.8. The van der Waals surface area contributed by atoms with Crippen molar-refractivity contribution in [2.24, 2.45) is 0 Å². The molecule has 0 spiro atoms. The number of tetrazole rings is 1. The van der Waals surface area contributed by atoms with Crippen molar-refractivity contribution in [3.8, 4) is 11.4 Å². The summed E-state index contributed by atoms with van der Waals surface area (Å²) in [5.41, 5.74) is 1.74. The van der Waals surface area contributed by atoms with Crippen LogP contribution in [-0.2, 0) is 13.1 Å². The van der Waals surface area contributed by atoms with Crippen LogP contribution < -0.4 is 0 Å². The number of carbonyl (C=O) groups excluding carboxylic acids is 1. The molecule has 1 heterocycles. The summed E-state index contributed by atoms with van der Waals surface area (Å²) >= 11 is 0. The smallest absolute Gasteiger partial charge is 0.253 e. The third-order valence-electron chi connectivity index (χ3n) is 3.91. The van der Waals surface area contributed by atoms with Crippen molar-refractivity contribution in [1.82, 2.24) is 25.1 Å². The SMILES string of the molecule is CCn1nnnc1-c1cccc(C(=O)N(C)Cc2ccccc2F)c1. The van der Waals surface area contributed by atoms with Gasteiger partial charge in [0.25, 0.3) is 5.91 Å². The van der Waals surface area contributed by atoms with Gasteiger partial charge in [-0.1, -0.05) is 30.3 Å². The first-order valence-corrected chi connectivity index (χ1v) is 7.95. The zero-order valence-corrected chi connectivity index (χ0v) is 14.1. The van der Waals surface area contributed by atoms with Gasteiger partial charge in [-0.2, -0.15) is 0 Å². The van der Waals surface area contributed by atoms with Crippen molar-refractivity contribution in [2.45, 2.75) is 20.0 Å². The highest BCUT2D eigenvalue weighted by molar-refractivity contribution is 5.95. The normalized spacial score (nSPS) is 10.7. The lowest BCUT2D eigenvalue weighted by Crippen LogP contribution is -2.26. The molecule has 1 amide bonds. The zero-order valence-electron chi connectivity index (χ0n) is 14.1. The third-order valence-corrected chi connectivity index (χ3v) is 3.91. The first kappa shape index (κ1) is 16.8. The molecule has 0 aliphatic heterocycles. The number of nitrogens with zero attached hydrogens (tertiary/aromatic N) is 5. The van der Waals surface area contributed by atoms with E-state index in [2.05, 4.69) is 15.5 Å². The second-order valence-electron chi connectivity index (χ2n) is 5.65. The Morgan fingerprint density at radius 3 is 2.76 bits per heavy atom. The predicted octanol–water partition coefficient (Wildman–Crippen LogP) is 2.77. The average molecular weight is 339 g/mol. The van der Waals surface area contributed by atoms with Crippen LogP contribution in [0, 0.1) is 5.82 Å². The molecule has 25 heavy (non-hydrogen) atoms. The molecule has 2 aromatic carbocycles. The van der Waals surface area contributed by atoms with Crippen LogP contribution in [0.1, 0.15) is 22.8 Å².